The second-order valence-corrected chi connectivity index (χ2v) is 6.66. The highest BCUT2D eigenvalue weighted by Crippen LogP contribution is 2.26. The molecule has 2 amide bonds. The number of piperidine rings is 1. The summed E-state index contributed by atoms with van der Waals surface area (Å²) in [6, 6.07) is 0. The van der Waals surface area contributed by atoms with Crippen molar-refractivity contribution >= 4 is 23.2 Å². The number of aryl methyl sites for hydroxylation is 1. The van der Waals surface area contributed by atoms with Gasteiger partial charge in [-0.3, -0.25) is 9.59 Å². The van der Waals surface area contributed by atoms with Crippen LogP contribution in [-0.2, 0) is 11.2 Å². The maximum absolute atomic E-state index is 12.3. The number of likely N-dealkylation sites (tertiary alicyclic amines) is 1. The maximum atomic E-state index is 12.3. The number of carbonyl (C=O) groups excluding carboxylic acids is 2. The van der Waals surface area contributed by atoms with Crippen LogP contribution in [0.5, 0.6) is 0 Å². The number of thiazole rings is 1. The summed E-state index contributed by atoms with van der Waals surface area (Å²) in [6.07, 6.45) is -3.65. The van der Waals surface area contributed by atoms with Crippen molar-refractivity contribution in [1.82, 2.24) is 9.88 Å². The molecule has 0 spiro atoms. The number of alkyl halides is 3. The number of nitrogens with zero attached hydrogens (tertiary/aromatic N) is 2. The Kier molecular flexibility index (Phi) is 4.95. The normalized spacial score (nSPS) is 18.0. The number of carbonyl (C=O) groups is 2. The molecule has 0 aliphatic carbocycles. The first-order chi connectivity index (χ1) is 10.6. The molecule has 0 aromatic carbocycles. The largest absolute Gasteiger partial charge is 0.389 e. The van der Waals surface area contributed by atoms with Crippen molar-refractivity contribution in [2.24, 2.45) is 11.5 Å². The fourth-order valence-electron chi connectivity index (χ4n) is 2.28. The molecule has 128 valence electrons. The minimum atomic E-state index is -4.25. The van der Waals surface area contributed by atoms with Crippen molar-refractivity contribution in [3.05, 3.63) is 16.1 Å². The van der Waals surface area contributed by atoms with E-state index in [1.165, 1.54) is 11.1 Å². The van der Waals surface area contributed by atoms with Gasteiger partial charge in [-0.05, 0) is 12.8 Å². The molecule has 1 aromatic heterocycles. The van der Waals surface area contributed by atoms with Crippen LogP contribution in [0.2, 0.25) is 0 Å². The third-order valence-electron chi connectivity index (χ3n) is 3.82. The molecule has 23 heavy (non-hydrogen) atoms. The summed E-state index contributed by atoms with van der Waals surface area (Å²) in [5.41, 5.74) is 9.99. The molecule has 4 N–H and O–H groups in total. The standard InChI is InChI=1S/C13H17F3N4O2S/c14-13(15,16)2-1-9-19-7-8(23-9)10(21)20-5-3-12(18,4-6-20)11(17)22/h7H,1-6,18H2,(H2,17,22). The molecule has 0 unspecified atom stereocenters. The third-order valence-corrected chi connectivity index (χ3v) is 4.87. The Labute approximate surface area is 134 Å². The molecule has 1 aliphatic rings. The first-order valence-electron chi connectivity index (χ1n) is 7.00. The van der Waals surface area contributed by atoms with Crippen LogP contribution < -0.4 is 11.5 Å². The van der Waals surface area contributed by atoms with E-state index in [9.17, 15) is 22.8 Å². The highest BCUT2D eigenvalue weighted by molar-refractivity contribution is 7.13. The predicted octanol–water partition coefficient (Wildman–Crippen LogP) is 1.06. The average Bonchev–Trinajstić information content (AvgIpc) is 2.93. The summed E-state index contributed by atoms with van der Waals surface area (Å²) < 4.78 is 36.6. The molecule has 0 bridgehead atoms. The number of nitrogens with two attached hydrogens (primary N) is 2. The van der Waals surface area contributed by atoms with Crippen molar-refractivity contribution in [2.75, 3.05) is 13.1 Å². The SMILES string of the molecule is NC(=O)C1(N)CCN(C(=O)c2cnc(CCC(F)(F)F)s2)CC1. The summed E-state index contributed by atoms with van der Waals surface area (Å²) in [4.78, 5) is 29.2. The van der Waals surface area contributed by atoms with Gasteiger partial charge in [-0.2, -0.15) is 13.2 Å². The molecule has 1 saturated heterocycles. The van der Waals surface area contributed by atoms with E-state index < -0.39 is 24.0 Å². The van der Waals surface area contributed by atoms with Crippen molar-refractivity contribution in [3.8, 4) is 0 Å². The highest BCUT2D eigenvalue weighted by Gasteiger charge is 2.37. The maximum Gasteiger partial charge on any atom is 0.389 e. The van der Waals surface area contributed by atoms with Gasteiger partial charge in [0, 0.05) is 25.9 Å². The molecule has 0 saturated carbocycles. The van der Waals surface area contributed by atoms with Crippen LogP contribution in [0, 0.1) is 0 Å². The summed E-state index contributed by atoms with van der Waals surface area (Å²) >= 11 is 0.956. The summed E-state index contributed by atoms with van der Waals surface area (Å²) in [7, 11) is 0. The Hall–Kier alpha value is -1.68. The number of halogens is 3. The molecule has 6 nitrogen and oxygen atoms in total. The van der Waals surface area contributed by atoms with Gasteiger partial charge in [0.2, 0.25) is 5.91 Å². The van der Waals surface area contributed by atoms with Crippen LogP contribution in [0.25, 0.3) is 0 Å². The van der Waals surface area contributed by atoms with Crippen LogP contribution in [0.15, 0.2) is 6.20 Å². The molecular weight excluding hydrogens is 333 g/mol. The molecule has 0 atom stereocenters. The number of primary amides is 1. The number of amides is 2. The smallest absolute Gasteiger partial charge is 0.368 e. The Morgan fingerprint density at radius 2 is 1.96 bits per heavy atom. The van der Waals surface area contributed by atoms with E-state index in [0.717, 1.165) is 11.3 Å². The van der Waals surface area contributed by atoms with Gasteiger partial charge in [-0.15, -0.1) is 11.3 Å². The van der Waals surface area contributed by atoms with Crippen molar-refractivity contribution in [3.63, 3.8) is 0 Å². The van der Waals surface area contributed by atoms with Gasteiger partial charge in [0.05, 0.1) is 16.7 Å². The van der Waals surface area contributed by atoms with Crippen molar-refractivity contribution in [2.45, 2.75) is 37.4 Å². The second-order valence-electron chi connectivity index (χ2n) is 5.55. The first-order valence-corrected chi connectivity index (χ1v) is 7.82. The number of aromatic nitrogens is 1. The first kappa shape index (κ1) is 17.7. The van der Waals surface area contributed by atoms with E-state index in [-0.39, 0.29) is 48.1 Å². The van der Waals surface area contributed by atoms with Crippen LogP contribution in [0.1, 0.15) is 33.9 Å². The Morgan fingerprint density at radius 3 is 2.48 bits per heavy atom. The van der Waals surface area contributed by atoms with Gasteiger partial charge >= 0.3 is 6.18 Å². The van der Waals surface area contributed by atoms with Gasteiger partial charge in [0.15, 0.2) is 0 Å². The zero-order valence-corrected chi connectivity index (χ0v) is 13.0. The monoisotopic (exact) mass is 350 g/mol. The fourth-order valence-corrected chi connectivity index (χ4v) is 3.17. The highest BCUT2D eigenvalue weighted by atomic mass is 32.1. The Morgan fingerprint density at radius 1 is 1.35 bits per heavy atom. The van der Waals surface area contributed by atoms with Crippen molar-refractivity contribution in [1.29, 1.82) is 0 Å². The summed E-state index contributed by atoms with van der Waals surface area (Å²) in [6.45, 7) is 0.544. The van der Waals surface area contributed by atoms with Crippen LogP contribution >= 0.6 is 11.3 Å². The Balaban J connectivity index is 1.94. The lowest BCUT2D eigenvalue weighted by atomic mass is 9.88. The fraction of sp³-hybridized carbons (Fsp3) is 0.615. The van der Waals surface area contributed by atoms with E-state index in [4.69, 9.17) is 11.5 Å². The van der Waals surface area contributed by atoms with Crippen LogP contribution in [0.4, 0.5) is 13.2 Å². The predicted molar refractivity (Wildman–Crippen MR) is 77.7 cm³/mol. The zero-order chi connectivity index (χ0) is 17.3. The summed E-state index contributed by atoms with van der Waals surface area (Å²) in [5, 5.41) is 0.271. The van der Waals surface area contributed by atoms with Gasteiger partial charge in [0.25, 0.3) is 5.91 Å². The molecular formula is C13H17F3N4O2S. The molecule has 2 heterocycles. The minimum absolute atomic E-state index is 0.241. The molecule has 2 rings (SSSR count). The lowest BCUT2D eigenvalue weighted by Gasteiger charge is -2.36. The van der Waals surface area contributed by atoms with Gasteiger partial charge < -0.3 is 16.4 Å². The molecule has 1 aromatic rings. The van der Waals surface area contributed by atoms with E-state index in [1.54, 1.807) is 0 Å². The van der Waals surface area contributed by atoms with Crippen molar-refractivity contribution < 1.29 is 22.8 Å². The molecule has 1 fully saturated rings. The van der Waals surface area contributed by atoms with Crippen LogP contribution in [-0.4, -0.2) is 46.5 Å². The van der Waals surface area contributed by atoms with E-state index in [2.05, 4.69) is 4.98 Å². The average molecular weight is 350 g/mol. The van der Waals surface area contributed by atoms with Gasteiger partial charge in [0.1, 0.15) is 4.88 Å². The second kappa shape index (κ2) is 6.44. The van der Waals surface area contributed by atoms with E-state index in [1.807, 2.05) is 0 Å². The molecule has 10 heteroatoms. The van der Waals surface area contributed by atoms with Gasteiger partial charge in [-0.1, -0.05) is 0 Å². The lowest BCUT2D eigenvalue weighted by Crippen LogP contribution is -2.58. The Bertz CT molecular complexity index is 594. The summed E-state index contributed by atoms with van der Waals surface area (Å²) in [5.74, 6) is -0.913. The number of hydrogen-bond donors (Lipinski definition) is 2. The minimum Gasteiger partial charge on any atom is -0.368 e. The topological polar surface area (TPSA) is 102 Å². The van der Waals surface area contributed by atoms with Gasteiger partial charge in [-0.25, -0.2) is 4.98 Å². The lowest BCUT2D eigenvalue weighted by molar-refractivity contribution is -0.134. The van der Waals surface area contributed by atoms with Crippen LogP contribution in [0.3, 0.4) is 0 Å². The molecule has 1 aliphatic heterocycles. The number of rotatable bonds is 4. The quantitative estimate of drug-likeness (QED) is 0.847. The third kappa shape index (κ3) is 4.41. The van der Waals surface area contributed by atoms with E-state index in [0.29, 0.717) is 0 Å². The van der Waals surface area contributed by atoms with E-state index >= 15 is 0 Å². The zero-order valence-electron chi connectivity index (χ0n) is 12.2. The molecule has 0 radical (unpaired) electrons. The number of hydrogen-bond acceptors (Lipinski definition) is 5.